The second kappa shape index (κ2) is 6.69. The van der Waals surface area contributed by atoms with Crippen molar-refractivity contribution in [3.63, 3.8) is 0 Å². The maximum Gasteiger partial charge on any atom is 0.183 e. The number of alkyl halides is 1. The topological polar surface area (TPSA) is 37.4 Å². The molecule has 0 aliphatic rings. The van der Waals surface area contributed by atoms with Gasteiger partial charge in [-0.05, 0) is 45.0 Å². The second-order valence-electron chi connectivity index (χ2n) is 4.06. The maximum atomic E-state index is 11.9. The van der Waals surface area contributed by atoms with Crippen molar-refractivity contribution in [3.8, 4) is 0 Å². The van der Waals surface area contributed by atoms with Gasteiger partial charge in [0.2, 0.25) is 0 Å². The molecule has 0 saturated heterocycles. The van der Waals surface area contributed by atoms with Crippen LogP contribution in [-0.4, -0.2) is 29.5 Å². The molecule has 0 heterocycles. The molecular weight excluding hydrogens is 294 g/mol. The third kappa shape index (κ3) is 3.42. The van der Waals surface area contributed by atoms with Crippen LogP contribution in [0.1, 0.15) is 31.1 Å². The van der Waals surface area contributed by atoms with E-state index in [-0.39, 0.29) is 11.6 Å². The largest absolute Gasteiger partial charge is 0.372 e. The Morgan fingerprint density at radius 1 is 1.17 bits per heavy atom. The highest BCUT2D eigenvalue weighted by Gasteiger charge is 2.21. The highest BCUT2D eigenvalue weighted by molar-refractivity contribution is 9.10. The minimum atomic E-state index is -0.739. The summed E-state index contributed by atoms with van der Waals surface area (Å²) < 4.78 is 0. The lowest BCUT2D eigenvalue weighted by Gasteiger charge is -2.21. The molecule has 0 N–H and O–H groups in total. The zero-order chi connectivity index (χ0) is 13.7. The quantitative estimate of drug-likeness (QED) is 0.460. The van der Waals surface area contributed by atoms with E-state index in [9.17, 15) is 9.59 Å². The van der Waals surface area contributed by atoms with Crippen LogP contribution in [0, 0.1) is 0 Å². The maximum absolute atomic E-state index is 11.9. The average molecular weight is 312 g/mol. The van der Waals surface area contributed by atoms with Gasteiger partial charge in [0.1, 0.15) is 4.83 Å². The molecule has 4 heteroatoms. The Hall–Kier alpha value is -1.16. The Balaban J connectivity index is 2.89. The Kier molecular flexibility index (Phi) is 5.54. The number of Topliss-reactive ketones (excluding diaryl/α,β-unsaturated/α-hetero) is 2. The van der Waals surface area contributed by atoms with Gasteiger partial charge in [0.05, 0.1) is 0 Å². The summed E-state index contributed by atoms with van der Waals surface area (Å²) in [6, 6.07) is 7.38. The molecular formula is C14H18BrNO2. The van der Waals surface area contributed by atoms with Crippen molar-refractivity contribution < 1.29 is 9.59 Å². The fourth-order valence-corrected chi connectivity index (χ4v) is 2.02. The van der Waals surface area contributed by atoms with Crippen LogP contribution >= 0.6 is 15.9 Å². The third-order valence-corrected chi connectivity index (χ3v) is 3.93. The van der Waals surface area contributed by atoms with E-state index in [1.807, 2.05) is 12.1 Å². The normalized spacial score (nSPS) is 12.0. The summed E-state index contributed by atoms with van der Waals surface area (Å²) >= 11 is 3.11. The number of carbonyl (C=O) groups is 2. The van der Waals surface area contributed by atoms with Crippen molar-refractivity contribution >= 4 is 33.2 Å². The van der Waals surface area contributed by atoms with Gasteiger partial charge in [0.15, 0.2) is 11.6 Å². The first-order chi connectivity index (χ1) is 8.51. The third-order valence-electron chi connectivity index (χ3n) is 2.87. The van der Waals surface area contributed by atoms with E-state index in [0.29, 0.717) is 5.56 Å². The molecule has 0 aliphatic heterocycles. The average Bonchev–Trinajstić information content (AvgIpc) is 2.39. The molecule has 0 amide bonds. The van der Waals surface area contributed by atoms with Crippen molar-refractivity contribution in [2.24, 2.45) is 0 Å². The van der Waals surface area contributed by atoms with Crippen molar-refractivity contribution in [2.75, 3.05) is 18.0 Å². The van der Waals surface area contributed by atoms with Crippen LogP contribution in [0.3, 0.4) is 0 Å². The molecule has 0 bridgehead atoms. The van der Waals surface area contributed by atoms with Crippen LogP contribution in [0.15, 0.2) is 24.3 Å². The zero-order valence-electron chi connectivity index (χ0n) is 10.9. The number of carbonyl (C=O) groups excluding carboxylic acids is 2. The lowest BCUT2D eigenvalue weighted by molar-refractivity contribution is -0.115. The van der Waals surface area contributed by atoms with Gasteiger partial charge in [-0.1, -0.05) is 15.9 Å². The van der Waals surface area contributed by atoms with Crippen molar-refractivity contribution in [1.29, 1.82) is 0 Å². The molecule has 0 saturated carbocycles. The summed E-state index contributed by atoms with van der Waals surface area (Å²) in [4.78, 5) is 24.5. The number of ketones is 2. The second-order valence-corrected chi connectivity index (χ2v) is 4.97. The van der Waals surface area contributed by atoms with Gasteiger partial charge in [-0.2, -0.15) is 0 Å². The highest BCUT2D eigenvalue weighted by Crippen LogP contribution is 2.17. The monoisotopic (exact) mass is 311 g/mol. The Labute approximate surface area is 116 Å². The minimum absolute atomic E-state index is 0.173. The van der Waals surface area contributed by atoms with Gasteiger partial charge >= 0.3 is 0 Å². The summed E-state index contributed by atoms with van der Waals surface area (Å²) in [5, 5.41) is 0. The lowest BCUT2D eigenvalue weighted by atomic mass is 10.1. The first kappa shape index (κ1) is 14.9. The van der Waals surface area contributed by atoms with E-state index >= 15 is 0 Å². The number of hydrogen-bond acceptors (Lipinski definition) is 3. The van der Waals surface area contributed by atoms with Crippen LogP contribution in [0.4, 0.5) is 5.69 Å². The van der Waals surface area contributed by atoms with Gasteiger partial charge in [-0.15, -0.1) is 0 Å². The number of hydrogen-bond donors (Lipinski definition) is 0. The molecule has 0 fully saturated rings. The molecule has 1 atom stereocenters. The Morgan fingerprint density at radius 3 is 2.06 bits per heavy atom. The summed E-state index contributed by atoms with van der Waals surface area (Å²) in [7, 11) is 0. The molecule has 0 aliphatic carbocycles. The molecule has 18 heavy (non-hydrogen) atoms. The SMILES string of the molecule is CCN(CC)c1ccc(C(=O)C(Br)C(C)=O)cc1. The van der Waals surface area contributed by atoms with E-state index in [1.54, 1.807) is 12.1 Å². The number of halogens is 1. The summed E-state index contributed by atoms with van der Waals surface area (Å²) in [5.74, 6) is -0.360. The van der Waals surface area contributed by atoms with Gasteiger partial charge < -0.3 is 4.90 Å². The fraction of sp³-hybridized carbons (Fsp3) is 0.429. The minimum Gasteiger partial charge on any atom is -0.372 e. The molecule has 0 spiro atoms. The predicted molar refractivity (Wildman–Crippen MR) is 77.7 cm³/mol. The molecule has 3 nitrogen and oxygen atoms in total. The van der Waals surface area contributed by atoms with Crippen LogP contribution in [0.25, 0.3) is 0 Å². The van der Waals surface area contributed by atoms with Gasteiger partial charge in [-0.3, -0.25) is 9.59 Å². The Morgan fingerprint density at radius 2 is 1.67 bits per heavy atom. The van der Waals surface area contributed by atoms with Crippen molar-refractivity contribution in [1.82, 2.24) is 0 Å². The lowest BCUT2D eigenvalue weighted by Crippen LogP contribution is -2.23. The summed E-state index contributed by atoms with van der Waals surface area (Å²) in [5.41, 5.74) is 1.65. The fourth-order valence-electron chi connectivity index (χ4n) is 1.76. The van der Waals surface area contributed by atoms with E-state index < -0.39 is 4.83 Å². The molecule has 0 aromatic heterocycles. The van der Waals surface area contributed by atoms with E-state index in [0.717, 1.165) is 18.8 Å². The smallest absolute Gasteiger partial charge is 0.183 e. The molecule has 1 unspecified atom stereocenters. The first-order valence-electron chi connectivity index (χ1n) is 6.05. The van der Waals surface area contributed by atoms with Gasteiger partial charge in [-0.25, -0.2) is 0 Å². The number of benzene rings is 1. The zero-order valence-corrected chi connectivity index (χ0v) is 12.5. The van der Waals surface area contributed by atoms with Crippen LogP contribution in [0.2, 0.25) is 0 Å². The van der Waals surface area contributed by atoms with E-state index in [4.69, 9.17) is 0 Å². The summed E-state index contributed by atoms with van der Waals surface area (Å²) in [6.45, 7) is 7.44. The van der Waals surface area contributed by atoms with Crippen LogP contribution < -0.4 is 4.90 Å². The molecule has 1 rings (SSSR count). The molecule has 1 aromatic carbocycles. The predicted octanol–water partition coefficient (Wildman–Crippen LogP) is 3.07. The summed E-state index contributed by atoms with van der Waals surface area (Å²) in [6.07, 6.45) is 0. The van der Waals surface area contributed by atoms with Crippen LogP contribution in [-0.2, 0) is 4.79 Å². The standard InChI is InChI=1S/C14H18BrNO2/c1-4-16(5-2)12-8-6-11(7-9-12)14(18)13(15)10(3)17/h6-9,13H,4-5H2,1-3H3. The van der Waals surface area contributed by atoms with Gasteiger partial charge in [0, 0.05) is 24.3 Å². The highest BCUT2D eigenvalue weighted by atomic mass is 79.9. The van der Waals surface area contributed by atoms with Gasteiger partial charge in [0.25, 0.3) is 0 Å². The molecule has 98 valence electrons. The molecule has 1 aromatic rings. The molecule has 0 radical (unpaired) electrons. The number of anilines is 1. The number of nitrogens with zero attached hydrogens (tertiary/aromatic N) is 1. The van der Waals surface area contributed by atoms with Crippen molar-refractivity contribution in [2.45, 2.75) is 25.6 Å². The van der Waals surface area contributed by atoms with Crippen molar-refractivity contribution in [3.05, 3.63) is 29.8 Å². The Bertz CT molecular complexity index is 424. The first-order valence-corrected chi connectivity index (χ1v) is 6.96. The van der Waals surface area contributed by atoms with E-state index in [1.165, 1.54) is 6.92 Å². The van der Waals surface area contributed by atoms with Crippen LogP contribution in [0.5, 0.6) is 0 Å². The number of rotatable bonds is 6. The van der Waals surface area contributed by atoms with E-state index in [2.05, 4.69) is 34.7 Å².